The van der Waals surface area contributed by atoms with Crippen molar-refractivity contribution in [1.29, 1.82) is 0 Å². The number of nitrogens with zero attached hydrogens (tertiary/aromatic N) is 2. The second-order valence-corrected chi connectivity index (χ2v) is 9.40. The third-order valence-electron chi connectivity index (χ3n) is 6.38. The molecule has 1 aromatic carbocycles. The summed E-state index contributed by atoms with van der Waals surface area (Å²) in [5.74, 6) is 1.58. The topological polar surface area (TPSA) is 67.2 Å². The minimum Gasteiger partial charge on any atom is -0.497 e. The number of aryl methyl sites for hydroxylation is 1. The van der Waals surface area contributed by atoms with Gasteiger partial charge in [-0.05, 0) is 43.3 Å². The van der Waals surface area contributed by atoms with Crippen LogP contribution in [0.5, 0.6) is 11.5 Å². The fraction of sp³-hybridized carbons (Fsp3) is 0.423. The van der Waals surface area contributed by atoms with Crippen LogP contribution in [-0.4, -0.2) is 62.7 Å². The number of methoxy groups -OCH3 is 2. The molecule has 8 heteroatoms. The molecule has 1 atom stereocenters. The van der Waals surface area contributed by atoms with Gasteiger partial charge in [-0.3, -0.25) is 9.69 Å². The van der Waals surface area contributed by atoms with Crippen LogP contribution >= 0.6 is 11.3 Å². The molecule has 1 aliphatic heterocycles. The van der Waals surface area contributed by atoms with E-state index in [4.69, 9.17) is 13.9 Å². The summed E-state index contributed by atoms with van der Waals surface area (Å²) in [6.07, 6.45) is 2.41. The highest BCUT2D eigenvalue weighted by atomic mass is 32.1. The molecule has 182 valence electrons. The zero-order chi connectivity index (χ0) is 24.1. The van der Waals surface area contributed by atoms with Crippen molar-refractivity contribution >= 4 is 22.2 Å². The predicted octanol–water partition coefficient (Wildman–Crippen LogP) is 4.90. The zero-order valence-corrected chi connectivity index (χ0v) is 21.1. The molecule has 0 bridgehead atoms. The van der Waals surface area contributed by atoms with Gasteiger partial charge in [-0.1, -0.05) is 13.8 Å². The van der Waals surface area contributed by atoms with Gasteiger partial charge in [0, 0.05) is 48.2 Å². The molecule has 3 aromatic rings. The van der Waals surface area contributed by atoms with Crippen LogP contribution in [0, 0.1) is 0 Å². The number of thiophene rings is 1. The highest BCUT2D eigenvalue weighted by Gasteiger charge is 2.32. The molecule has 7 nitrogen and oxygen atoms in total. The first kappa shape index (κ1) is 24.3. The molecule has 0 radical (unpaired) electrons. The zero-order valence-electron chi connectivity index (χ0n) is 20.3. The molecule has 1 N–H and O–H groups in total. The Labute approximate surface area is 205 Å². The third kappa shape index (κ3) is 5.14. The Morgan fingerprint density at radius 1 is 1.09 bits per heavy atom. The predicted molar refractivity (Wildman–Crippen MR) is 135 cm³/mol. The lowest BCUT2D eigenvalue weighted by Gasteiger charge is -2.39. The van der Waals surface area contributed by atoms with Crippen LogP contribution in [0.3, 0.4) is 0 Å². The van der Waals surface area contributed by atoms with E-state index in [1.807, 2.05) is 12.1 Å². The van der Waals surface area contributed by atoms with Crippen molar-refractivity contribution in [2.75, 3.05) is 52.3 Å². The SMILES string of the molecule is CCc1cc([C@@H](c2ccc(OC)cc2OC)N2CCN(CC)CC2)c(NC(=O)c2ccco2)s1. The van der Waals surface area contributed by atoms with E-state index < -0.39 is 0 Å². The Hall–Kier alpha value is -2.81. The van der Waals surface area contributed by atoms with E-state index in [-0.39, 0.29) is 11.9 Å². The van der Waals surface area contributed by atoms with E-state index >= 15 is 0 Å². The van der Waals surface area contributed by atoms with Crippen LogP contribution in [0.4, 0.5) is 5.00 Å². The summed E-state index contributed by atoms with van der Waals surface area (Å²) in [5, 5.41) is 3.97. The first-order valence-corrected chi connectivity index (χ1v) is 12.5. The Kier molecular flexibility index (Phi) is 7.92. The number of likely N-dealkylation sites (N-methyl/N-ethyl adjacent to an activating group) is 1. The Morgan fingerprint density at radius 2 is 1.88 bits per heavy atom. The molecule has 1 aliphatic rings. The van der Waals surface area contributed by atoms with Gasteiger partial charge in [0.15, 0.2) is 5.76 Å². The highest BCUT2D eigenvalue weighted by Crippen LogP contribution is 2.43. The van der Waals surface area contributed by atoms with Crippen LogP contribution < -0.4 is 14.8 Å². The van der Waals surface area contributed by atoms with Crippen molar-refractivity contribution in [2.45, 2.75) is 26.3 Å². The number of piperazine rings is 1. The fourth-order valence-electron chi connectivity index (χ4n) is 4.45. The van der Waals surface area contributed by atoms with Gasteiger partial charge in [0.2, 0.25) is 0 Å². The second-order valence-electron chi connectivity index (χ2n) is 8.26. The molecular weight excluding hydrogens is 450 g/mol. The maximum absolute atomic E-state index is 12.9. The molecule has 34 heavy (non-hydrogen) atoms. The first-order chi connectivity index (χ1) is 16.6. The van der Waals surface area contributed by atoms with Crippen molar-refractivity contribution < 1.29 is 18.7 Å². The second kappa shape index (κ2) is 11.1. The first-order valence-electron chi connectivity index (χ1n) is 11.7. The fourth-order valence-corrected chi connectivity index (χ4v) is 5.47. The van der Waals surface area contributed by atoms with Gasteiger partial charge < -0.3 is 24.1 Å². The van der Waals surface area contributed by atoms with Crippen molar-refractivity contribution in [2.24, 2.45) is 0 Å². The number of rotatable bonds is 9. The molecule has 0 unspecified atom stereocenters. The average molecular weight is 484 g/mol. The van der Waals surface area contributed by atoms with E-state index in [1.54, 1.807) is 37.7 Å². The van der Waals surface area contributed by atoms with Gasteiger partial charge in [0.1, 0.15) is 16.5 Å². The molecule has 4 rings (SSSR count). The van der Waals surface area contributed by atoms with Gasteiger partial charge in [-0.15, -0.1) is 11.3 Å². The van der Waals surface area contributed by atoms with Crippen molar-refractivity contribution in [3.63, 3.8) is 0 Å². The van der Waals surface area contributed by atoms with Crippen LogP contribution in [0.1, 0.15) is 46.4 Å². The number of hydrogen-bond acceptors (Lipinski definition) is 7. The van der Waals surface area contributed by atoms with Gasteiger partial charge in [-0.2, -0.15) is 0 Å². The van der Waals surface area contributed by atoms with Gasteiger partial charge >= 0.3 is 0 Å². The van der Waals surface area contributed by atoms with E-state index in [0.717, 1.165) is 66.8 Å². The molecule has 0 aliphatic carbocycles. The summed E-state index contributed by atoms with van der Waals surface area (Å²) in [5.41, 5.74) is 2.14. The number of carbonyl (C=O) groups excluding carboxylic acids is 1. The van der Waals surface area contributed by atoms with E-state index in [0.29, 0.717) is 5.76 Å². The van der Waals surface area contributed by atoms with Crippen LogP contribution in [0.15, 0.2) is 47.1 Å². The normalized spacial score (nSPS) is 15.8. The van der Waals surface area contributed by atoms with Crippen LogP contribution in [0.25, 0.3) is 0 Å². The summed E-state index contributed by atoms with van der Waals surface area (Å²) in [6, 6.07) is 11.5. The summed E-state index contributed by atoms with van der Waals surface area (Å²) < 4.78 is 16.6. The van der Waals surface area contributed by atoms with Gasteiger partial charge in [-0.25, -0.2) is 0 Å². The Balaban J connectivity index is 1.78. The average Bonchev–Trinajstić information content (AvgIpc) is 3.55. The molecule has 0 saturated carbocycles. The van der Waals surface area contributed by atoms with E-state index in [2.05, 4.69) is 41.1 Å². The summed E-state index contributed by atoms with van der Waals surface area (Å²) in [4.78, 5) is 19.1. The largest absolute Gasteiger partial charge is 0.497 e. The maximum Gasteiger partial charge on any atom is 0.291 e. The Bertz CT molecular complexity index is 1090. The number of amides is 1. The smallest absolute Gasteiger partial charge is 0.291 e. The minimum atomic E-state index is -0.244. The van der Waals surface area contributed by atoms with Crippen LogP contribution in [-0.2, 0) is 6.42 Å². The lowest BCUT2D eigenvalue weighted by Crippen LogP contribution is -2.47. The maximum atomic E-state index is 12.9. The van der Waals surface area contributed by atoms with E-state index in [9.17, 15) is 4.79 Å². The molecule has 1 saturated heterocycles. The summed E-state index contributed by atoms with van der Waals surface area (Å²) in [6.45, 7) is 9.25. The molecular formula is C26H33N3O4S. The Morgan fingerprint density at radius 3 is 2.50 bits per heavy atom. The molecule has 1 amide bonds. The van der Waals surface area contributed by atoms with Crippen molar-refractivity contribution in [1.82, 2.24) is 9.80 Å². The van der Waals surface area contributed by atoms with Gasteiger partial charge in [0.05, 0.1) is 26.5 Å². The van der Waals surface area contributed by atoms with Crippen LogP contribution in [0.2, 0.25) is 0 Å². The standard InChI is InChI=1S/C26H33N3O4S/c1-5-19-17-21(26(34-19)27-25(30)22-8-7-15-33-22)24(29-13-11-28(6-2)12-14-29)20-10-9-18(31-3)16-23(20)32-4/h7-10,15-17,24H,5-6,11-14H2,1-4H3,(H,27,30)/t24-/m1/s1. The lowest BCUT2D eigenvalue weighted by molar-refractivity contribution is 0.0995. The monoisotopic (exact) mass is 483 g/mol. The molecule has 2 aromatic heterocycles. The van der Waals surface area contributed by atoms with Crippen molar-refractivity contribution in [3.8, 4) is 11.5 Å². The molecule has 1 fully saturated rings. The van der Waals surface area contributed by atoms with Gasteiger partial charge in [0.25, 0.3) is 5.91 Å². The summed E-state index contributed by atoms with van der Waals surface area (Å²) >= 11 is 1.62. The number of carbonyl (C=O) groups is 1. The van der Waals surface area contributed by atoms with Crippen molar-refractivity contribution in [3.05, 3.63) is 64.4 Å². The lowest BCUT2D eigenvalue weighted by atomic mass is 9.96. The van der Waals surface area contributed by atoms with E-state index in [1.165, 1.54) is 11.1 Å². The quantitative estimate of drug-likeness (QED) is 0.467. The number of nitrogens with one attached hydrogen (secondary N) is 1. The molecule has 0 spiro atoms. The number of anilines is 1. The number of ether oxygens (including phenoxy) is 2. The third-order valence-corrected chi connectivity index (χ3v) is 7.59. The summed E-state index contributed by atoms with van der Waals surface area (Å²) in [7, 11) is 3.35. The number of hydrogen-bond donors (Lipinski definition) is 1. The number of furan rings is 1. The minimum absolute atomic E-state index is 0.0664. The number of benzene rings is 1. The highest BCUT2D eigenvalue weighted by molar-refractivity contribution is 7.16. The molecule has 3 heterocycles.